The third-order valence-corrected chi connectivity index (χ3v) is 5.41. The average molecular weight is 450 g/mol. The van der Waals surface area contributed by atoms with Gasteiger partial charge in [0.1, 0.15) is 6.61 Å². The number of aromatic nitrogens is 2. The number of rotatable bonds is 7. The maximum atomic E-state index is 12.5. The molecule has 1 unspecified atom stereocenters. The van der Waals surface area contributed by atoms with Crippen LogP contribution in [0.4, 0.5) is 10.5 Å². The highest BCUT2D eigenvalue weighted by atomic mass is 16.5. The molecule has 1 aromatic heterocycles. The summed E-state index contributed by atoms with van der Waals surface area (Å²) in [5, 5.41) is 26.7. The SMILES string of the molecule is Cn1cc(NC(=O)OCC2c3ccccc3-c3ccccc32)c(C(=O)NC(CO)C(=O)O)n1. The largest absolute Gasteiger partial charge is 0.480 e. The number of amides is 2. The van der Waals surface area contributed by atoms with Crippen LogP contribution in [0.2, 0.25) is 0 Å². The van der Waals surface area contributed by atoms with Gasteiger partial charge in [-0.25, -0.2) is 9.59 Å². The molecule has 10 heteroatoms. The lowest BCUT2D eigenvalue weighted by Crippen LogP contribution is -2.43. The van der Waals surface area contributed by atoms with Gasteiger partial charge < -0.3 is 20.3 Å². The maximum Gasteiger partial charge on any atom is 0.411 e. The fourth-order valence-corrected chi connectivity index (χ4v) is 3.90. The number of aryl methyl sites for hydroxylation is 1. The standard InChI is InChI=1S/C23H22N4O6/c1-27-10-18(20(26-27)21(29)24-19(11-28)22(30)31)25-23(32)33-12-17-15-8-4-2-6-13(15)14-7-3-5-9-16(14)17/h2-10,17,19,28H,11-12H2,1H3,(H,24,29)(H,25,32)(H,30,31). The van der Waals surface area contributed by atoms with E-state index in [4.69, 9.17) is 14.9 Å². The van der Waals surface area contributed by atoms with Gasteiger partial charge in [-0.2, -0.15) is 5.10 Å². The number of aliphatic hydroxyl groups excluding tert-OH is 1. The molecule has 4 N–H and O–H groups in total. The summed E-state index contributed by atoms with van der Waals surface area (Å²) in [4.78, 5) is 36.0. The van der Waals surface area contributed by atoms with Crippen molar-refractivity contribution in [3.63, 3.8) is 0 Å². The second-order valence-electron chi connectivity index (χ2n) is 7.56. The minimum absolute atomic E-state index is 0.0503. The number of carboxylic acid groups (broad SMARTS) is 1. The molecule has 3 aromatic rings. The Hall–Kier alpha value is -4.18. The van der Waals surface area contributed by atoms with Crippen molar-refractivity contribution < 1.29 is 29.3 Å². The van der Waals surface area contributed by atoms with E-state index in [1.807, 2.05) is 48.5 Å². The Kier molecular flexibility index (Phi) is 6.09. The molecule has 0 saturated heterocycles. The van der Waals surface area contributed by atoms with Gasteiger partial charge in [-0.3, -0.25) is 14.8 Å². The minimum atomic E-state index is -1.50. The highest BCUT2D eigenvalue weighted by Crippen LogP contribution is 2.44. The van der Waals surface area contributed by atoms with Gasteiger partial charge in [0.05, 0.1) is 12.3 Å². The van der Waals surface area contributed by atoms with Crippen molar-refractivity contribution in [1.29, 1.82) is 0 Å². The second kappa shape index (κ2) is 9.13. The molecule has 0 aliphatic heterocycles. The smallest absolute Gasteiger partial charge is 0.411 e. The Balaban J connectivity index is 1.45. The Bertz CT molecular complexity index is 1180. The van der Waals surface area contributed by atoms with Crippen molar-refractivity contribution in [3.05, 3.63) is 71.5 Å². The summed E-state index contributed by atoms with van der Waals surface area (Å²) >= 11 is 0. The summed E-state index contributed by atoms with van der Waals surface area (Å²) in [7, 11) is 1.54. The fraction of sp³-hybridized carbons (Fsp3) is 0.217. The summed E-state index contributed by atoms with van der Waals surface area (Å²) in [6, 6.07) is 14.4. The normalized spacial score (nSPS) is 13.0. The number of aliphatic carboxylic acids is 1. The number of benzene rings is 2. The number of nitrogens with one attached hydrogen (secondary N) is 2. The molecule has 0 fully saturated rings. The Labute approximate surface area is 188 Å². The first-order chi connectivity index (χ1) is 15.9. The minimum Gasteiger partial charge on any atom is -0.480 e. The molecule has 33 heavy (non-hydrogen) atoms. The number of carbonyl (C=O) groups excluding carboxylic acids is 2. The van der Waals surface area contributed by atoms with Gasteiger partial charge in [-0.1, -0.05) is 48.5 Å². The van der Waals surface area contributed by atoms with E-state index in [1.165, 1.54) is 10.9 Å². The summed E-state index contributed by atoms with van der Waals surface area (Å²) in [6.45, 7) is -0.698. The second-order valence-corrected chi connectivity index (χ2v) is 7.56. The third kappa shape index (κ3) is 4.41. The van der Waals surface area contributed by atoms with Gasteiger partial charge >= 0.3 is 12.1 Å². The number of anilines is 1. The first-order valence-corrected chi connectivity index (χ1v) is 10.2. The van der Waals surface area contributed by atoms with Gasteiger partial charge in [-0.05, 0) is 22.3 Å². The number of hydrogen-bond acceptors (Lipinski definition) is 6. The van der Waals surface area contributed by atoms with E-state index in [0.717, 1.165) is 22.3 Å². The van der Waals surface area contributed by atoms with Gasteiger partial charge in [-0.15, -0.1) is 0 Å². The summed E-state index contributed by atoms with van der Waals surface area (Å²) < 4.78 is 6.77. The van der Waals surface area contributed by atoms with Gasteiger partial charge in [0.15, 0.2) is 11.7 Å². The lowest BCUT2D eigenvalue weighted by atomic mass is 9.98. The van der Waals surface area contributed by atoms with Crippen molar-refractivity contribution in [3.8, 4) is 11.1 Å². The van der Waals surface area contributed by atoms with Crippen molar-refractivity contribution >= 4 is 23.7 Å². The van der Waals surface area contributed by atoms with Gasteiger partial charge in [0.25, 0.3) is 5.91 Å². The summed E-state index contributed by atoms with van der Waals surface area (Å²) in [6.07, 6.45) is 0.612. The van der Waals surface area contributed by atoms with Crippen LogP contribution in [0.25, 0.3) is 11.1 Å². The third-order valence-electron chi connectivity index (χ3n) is 5.41. The predicted octanol–water partition coefficient (Wildman–Crippen LogP) is 1.96. The molecule has 0 radical (unpaired) electrons. The highest BCUT2D eigenvalue weighted by molar-refractivity contribution is 6.02. The van der Waals surface area contributed by atoms with E-state index in [1.54, 1.807) is 7.05 Å². The molecule has 170 valence electrons. The van der Waals surface area contributed by atoms with Gasteiger partial charge in [0, 0.05) is 19.2 Å². The van der Waals surface area contributed by atoms with E-state index in [9.17, 15) is 14.4 Å². The van der Waals surface area contributed by atoms with Crippen LogP contribution in [-0.4, -0.2) is 57.2 Å². The molecular weight excluding hydrogens is 428 g/mol. The van der Waals surface area contributed by atoms with Gasteiger partial charge in [0.2, 0.25) is 0 Å². The number of carbonyl (C=O) groups is 3. The van der Waals surface area contributed by atoms with Crippen LogP contribution in [0.15, 0.2) is 54.7 Å². The lowest BCUT2D eigenvalue weighted by Gasteiger charge is -2.15. The number of aliphatic hydroxyl groups is 1. The number of nitrogens with zero attached hydrogens (tertiary/aromatic N) is 2. The van der Waals surface area contributed by atoms with E-state index < -0.39 is 30.6 Å². The van der Waals surface area contributed by atoms with Crippen molar-refractivity contribution in [2.75, 3.05) is 18.5 Å². The first-order valence-electron chi connectivity index (χ1n) is 10.2. The molecule has 1 atom stereocenters. The van der Waals surface area contributed by atoms with Crippen molar-refractivity contribution in [2.24, 2.45) is 7.05 Å². The Morgan fingerprint density at radius 3 is 2.27 bits per heavy atom. The molecule has 0 bridgehead atoms. The van der Waals surface area contributed by atoms with E-state index in [0.29, 0.717) is 0 Å². The molecule has 1 aliphatic carbocycles. The Morgan fingerprint density at radius 1 is 1.09 bits per heavy atom. The molecule has 1 aliphatic rings. The molecule has 10 nitrogen and oxygen atoms in total. The molecule has 2 amide bonds. The van der Waals surface area contributed by atoms with Crippen LogP contribution in [0.3, 0.4) is 0 Å². The summed E-state index contributed by atoms with van der Waals surface area (Å²) in [5.41, 5.74) is 4.18. The predicted molar refractivity (Wildman–Crippen MR) is 118 cm³/mol. The van der Waals surface area contributed by atoms with Crippen LogP contribution in [0.1, 0.15) is 27.5 Å². The van der Waals surface area contributed by atoms with Crippen LogP contribution in [0, 0.1) is 0 Å². The lowest BCUT2D eigenvalue weighted by molar-refractivity contribution is -0.140. The number of ether oxygens (including phenoxy) is 1. The van der Waals surface area contributed by atoms with E-state index in [-0.39, 0.29) is 23.9 Å². The quantitative estimate of drug-likeness (QED) is 0.431. The fourth-order valence-electron chi connectivity index (χ4n) is 3.90. The van der Waals surface area contributed by atoms with Crippen LogP contribution in [-0.2, 0) is 16.6 Å². The van der Waals surface area contributed by atoms with Crippen LogP contribution >= 0.6 is 0 Å². The zero-order valence-corrected chi connectivity index (χ0v) is 17.7. The summed E-state index contributed by atoms with van der Waals surface area (Å²) in [5.74, 6) is -2.38. The molecule has 2 aromatic carbocycles. The van der Waals surface area contributed by atoms with E-state index >= 15 is 0 Å². The van der Waals surface area contributed by atoms with Crippen molar-refractivity contribution in [1.82, 2.24) is 15.1 Å². The monoisotopic (exact) mass is 450 g/mol. The molecule has 1 heterocycles. The Morgan fingerprint density at radius 2 is 1.70 bits per heavy atom. The molecule has 4 rings (SSSR count). The number of carboxylic acids is 1. The topological polar surface area (TPSA) is 143 Å². The van der Waals surface area contributed by atoms with Crippen LogP contribution < -0.4 is 10.6 Å². The zero-order chi connectivity index (χ0) is 23.5. The maximum absolute atomic E-state index is 12.5. The molecule has 0 saturated carbocycles. The van der Waals surface area contributed by atoms with Crippen LogP contribution in [0.5, 0.6) is 0 Å². The molecule has 0 spiro atoms. The van der Waals surface area contributed by atoms with E-state index in [2.05, 4.69) is 15.7 Å². The number of hydrogen-bond donors (Lipinski definition) is 4. The molecular formula is C23H22N4O6. The first kappa shape index (κ1) is 22.0. The van der Waals surface area contributed by atoms with Crippen molar-refractivity contribution in [2.45, 2.75) is 12.0 Å². The zero-order valence-electron chi connectivity index (χ0n) is 17.7. The number of fused-ring (bicyclic) bond motifs is 3. The average Bonchev–Trinajstić information content (AvgIpc) is 3.33. The highest BCUT2D eigenvalue weighted by Gasteiger charge is 2.29.